The zero-order valence-corrected chi connectivity index (χ0v) is 18.7. The molecule has 4 rings (SSSR count). The zero-order chi connectivity index (χ0) is 22.9. The van der Waals surface area contributed by atoms with Crippen LogP contribution in [0, 0.1) is 0 Å². The highest BCUT2D eigenvalue weighted by atomic mass is 32.2. The van der Waals surface area contributed by atoms with Crippen LogP contribution in [0.5, 0.6) is 5.75 Å². The first kappa shape index (κ1) is 22.5. The molecule has 0 atom stereocenters. The van der Waals surface area contributed by atoms with Crippen LogP contribution < -0.4 is 9.62 Å². The van der Waals surface area contributed by atoms with Gasteiger partial charge in [-0.3, -0.25) is 9.10 Å². The van der Waals surface area contributed by atoms with Crippen molar-refractivity contribution in [2.24, 2.45) is 0 Å². The van der Waals surface area contributed by atoms with E-state index in [4.69, 9.17) is 4.74 Å². The van der Waals surface area contributed by atoms with Gasteiger partial charge in [0.2, 0.25) is 20.0 Å². The Balaban J connectivity index is 1.52. The molecule has 0 bridgehead atoms. The van der Waals surface area contributed by atoms with Crippen LogP contribution in [0.3, 0.4) is 0 Å². The second-order valence-corrected chi connectivity index (χ2v) is 11.4. The summed E-state index contributed by atoms with van der Waals surface area (Å²) in [6.07, 6.45) is 0.549. The molecule has 0 aliphatic carbocycles. The summed E-state index contributed by atoms with van der Waals surface area (Å²) in [5, 5.41) is 12.7. The number of nitrogens with one attached hydrogen (secondary N) is 1. The van der Waals surface area contributed by atoms with Crippen molar-refractivity contribution in [1.82, 2.24) is 4.31 Å². The average Bonchev–Trinajstić information content (AvgIpc) is 3.14. The number of carbonyl (C=O) groups is 1. The van der Waals surface area contributed by atoms with Crippen LogP contribution in [0.4, 0.5) is 11.4 Å². The number of rotatable bonds is 5. The van der Waals surface area contributed by atoms with Crippen molar-refractivity contribution < 1.29 is 31.5 Å². The molecule has 2 aliphatic rings. The molecular weight excluding hydrogens is 458 g/mol. The van der Waals surface area contributed by atoms with Gasteiger partial charge in [0, 0.05) is 25.2 Å². The summed E-state index contributed by atoms with van der Waals surface area (Å²) in [6, 6.07) is 9.73. The Morgan fingerprint density at radius 1 is 1.03 bits per heavy atom. The number of morpholine rings is 1. The van der Waals surface area contributed by atoms with Gasteiger partial charge in [0.1, 0.15) is 5.75 Å². The van der Waals surface area contributed by atoms with Gasteiger partial charge in [-0.2, -0.15) is 4.31 Å². The van der Waals surface area contributed by atoms with E-state index in [1.54, 1.807) is 0 Å². The van der Waals surface area contributed by atoms with Crippen LogP contribution in [0.25, 0.3) is 0 Å². The second kappa shape index (κ2) is 8.70. The Hall–Kier alpha value is -2.67. The summed E-state index contributed by atoms with van der Waals surface area (Å²) in [5.74, 6) is -0.755. The van der Waals surface area contributed by atoms with E-state index < -0.39 is 26.0 Å². The number of nitrogens with zero attached hydrogens (tertiary/aromatic N) is 2. The lowest BCUT2D eigenvalue weighted by molar-refractivity contribution is 0.0730. The van der Waals surface area contributed by atoms with Crippen molar-refractivity contribution >= 4 is 37.3 Å². The summed E-state index contributed by atoms with van der Waals surface area (Å²) < 4.78 is 57.6. The maximum atomic E-state index is 12.8. The normalized spacial score (nSPS) is 19.1. The van der Waals surface area contributed by atoms with E-state index in [0.717, 1.165) is 0 Å². The number of sulfonamides is 2. The minimum atomic E-state index is -3.80. The van der Waals surface area contributed by atoms with E-state index in [1.807, 2.05) is 0 Å². The molecule has 2 aromatic carbocycles. The second-order valence-electron chi connectivity index (χ2n) is 7.44. The molecule has 10 nitrogen and oxygen atoms in total. The van der Waals surface area contributed by atoms with Crippen molar-refractivity contribution in [1.29, 1.82) is 0 Å². The van der Waals surface area contributed by atoms with Gasteiger partial charge in [0.15, 0.2) is 0 Å². The van der Waals surface area contributed by atoms with Gasteiger partial charge in [0.05, 0.1) is 35.2 Å². The van der Waals surface area contributed by atoms with Crippen LogP contribution in [0.1, 0.15) is 16.8 Å². The van der Waals surface area contributed by atoms with E-state index >= 15 is 0 Å². The molecule has 0 radical (unpaired) electrons. The van der Waals surface area contributed by atoms with Gasteiger partial charge in [-0.15, -0.1) is 0 Å². The minimum Gasteiger partial charge on any atom is -0.506 e. The van der Waals surface area contributed by atoms with E-state index in [-0.39, 0.29) is 40.7 Å². The van der Waals surface area contributed by atoms with E-state index in [0.29, 0.717) is 31.9 Å². The number of hydrogen-bond acceptors (Lipinski definition) is 7. The Morgan fingerprint density at radius 2 is 1.72 bits per heavy atom. The van der Waals surface area contributed by atoms with Gasteiger partial charge in [-0.1, -0.05) is 0 Å². The molecule has 172 valence electrons. The summed E-state index contributed by atoms with van der Waals surface area (Å²) in [5.41, 5.74) is 0.655. The van der Waals surface area contributed by atoms with Gasteiger partial charge >= 0.3 is 0 Å². The lowest BCUT2D eigenvalue weighted by Gasteiger charge is -2.26. The van der Waals surface area contributed by atoms with Crippen molar-refractivity contribution in [3.63, 3.8) is 0 Å². The maximum absolute atomic E-state index is 12.8. The van der Waals surface area contributed by atoms with Gasteiger partial charge in [0.25, 0.3) is 5.91 Å². The molecule has 2 saturated heterocycles. The third-order valence-corrected chi connectivity index (χ3v) is 9.10. The Morgan fingerprint density at radius 3 is 2.34 bits per heavy atom. The van der Waals surface area contributed by atoms with Crippen molar-refractivity contribution in [2.45, 2.75) is 11.3 Å². The topological polar surface area (TPSA) is 133 Å². The van der Waals surface area contributed by atoms with Crippen LogP contribution in [-0.2, 0) is 24.8 Å². The quantitative estimate of drug-likeness (QED) is 0.613. The highest BCUT2D eigenvalue weighted by Crippen LogP contribution is 2.29. The van der Waals surface area contributed by atoms with E-state index in [1.165, 1.54) is 51.1 Å². The highest BCUT2D eigenvalue weighted by molar-refractivity contribution is 7.93. The third-order valence-electron chi connectivity index (χ3n) is 5.34. The van der Waals surface area contributed by atoms with Gasteiger partial charge in [-0.05, 0) is 48.9 Å². The average molecular weight is 482 g/mol. The number of aromatic hydroxyl groups is 1. The summed E-state index contributed by atoms with van der Waals surface area (Å²) >= 11 is 0. The molecule has 1 amide bonds. The molecule has 2 fully saturated rings. The van der Waals surface area contributed by atoms with Crippen LogP contribution >= 0.6 is 0 Å². The number of benzene rings is 2. The first-order valence-electron chi connectivity index (χ1n) is 10.0. The first-order chi connectivity index (χ1) is 15.2. The molecule has 2 aliphatic heterocycles. The Kier molecular flexibility index (Phi) is 6.12. The SMILES string of the molecule is O=C(Nc1cc(S(=O)(=O)N2CCOCC2)ccc1O)c1ccc(N2CCCS2(=O)=O)cc1. The smallest absolute Gasteiger partial charge is 0.255 e. The first-order valence-corrected chi connectivity index (χ1v) is 13.1. The monoisotopic (exact) mass is 481 g/mol. The fraction of sp³-hybridized carbons (Fsp3) is 0.350. The van der Waals surface area contributed by atoms with E-state index in [9.17, 15) is 26.7 Å². The summed E-state index contributed by atoms with van der Waals surface area (Å²) in [7, 11) is -7.12. The molecule has 12 heteroatoms. The lowest BCUT2D eigenvalue weighted by atomic mass is 10.2. The number of phenolic OH excluding ortho intramolecular Hbond substituents is 1. The van der Waals surface area contributed by atoms with Crippen molar-refractivity contribution in [3.05, 3.63) is 48.0 Å². The molecular formula is C20H23N3O7S2. The number of hydrogen-bond donors (Lipinski definition) is 2. The number of ether oxygens (including phenoxy) is 1. The number of phenols is 1. The standard InChI is InChI=1S/C20H23N3O7S2/c24-19-7-6-17(32(28,29)22-9-11-30-12-10-22)14-18(19)21-20(25)15-2-4-16(5-3-15)23-8-1-13-31(23,26)27/h2-7,14,24H,1,8-13H2,(H,21,25). The third kappa shape index (κ3) is 4.44. The van der Waals surface area contributed by atoms with Crippen LogP contribution in [0.2, 0.25) is 0 Å². The largest absolute Gasteiger partial charge is 0.506 e. The number of amides is 1. The van der Waals surface area contributed by atoms with Crippen LogP contribution in [0.15, 0.2) is 47.4 Å². The molecule has 0 spiro atoms. The fourth-order valence-electron chi connectivity index (χ4n) is 3.61. The number of anilines is 2. The van der Waals surface area contributed by atoms with Crippen molar-refractivity contribution in [2.75, 3.05) is 48.2 Å². The van der Waals surface area contributed by atoms with Gasteiger partial charge < -0.3 is 15.2 Å². The molecule has 0 saturated carbocycles. The van der Waals surface area contributed by atoms with Crippen LogP contribution in [-0.4, -0.2) is 70.8 Å². The lowest BCUT2D eigenvalue weighted by Crippen LogP contribution is -2.40. The fourth-order valence-corrected chi connectivity index (χ4v) is 6.61. The Bertz CT molecular complexity index is 1220. The number of carbonyl (C=O) groups excluding carboxylic acids is 1. The summed E-state index contributed by atoms with van der Waals surface area (Å²) in [6.45, 7) is 1.45. The molecule has 32 heavy (non-hydrogen) atoms. The minimum absolute atomic E-state index is 0.0458. The molecule has 0 aromatic heterocycles. The molecule has 2 N–H and O–H groups in total. The Labute approximate surface area is 186 Å². The zero-order valence-electron chi connectivity index (χ0n) is 17.1. The van der Waals surface area contributed by atoms with E-state index in [2.05, 4.69) is 5.32 Å². The molecule has 2 aromatic rings. The predicted octanol–water partition coefficient (Wildman–Crippen LogP) is 1.21. The molecule has 2 heterocycles. The maximum Gasteiger partial charge on any atom is 0.255 e. The molecule has 0 unspecified atom stereocenters. The van der Waals surface area contributed by atoms with Crippen molar-refractivity contribution in [3.8, 4) is 5.75 Å². The highest BCUT2D eigenvalue weighted by Gasteiger charge is 2.29. The predicted molar refractivity (Wildman–Crippen MR) is 118 cm³/mol. The van der Waals surface area contributed by atoms with Gasteiger partial charge in [-0.25, -0.2) is 16.8 Å². The summed E-state index contributed by atoms with van der Waals surface area (Å²) in [4.78, 5) is 12.6.